The molecule has 1 aromatic carbocycles. The molecule has 1 heterocycles. The van der Waals surface area contributed by atoms with Gasteiger partial charge in [-0.05, 0) is 44.9 Å². The number of aromatic nitrogens is 2. The average Bonchev–Trinajstić information content (AvgIpc) is 2.99. The Morgan fingerprint density at radius 1 is 1.38 bits per heavy atom. The van der Waals surface area contributed by atoms with Crippen molar-refractivity contribution in [3.63, 3.8) is 0 Å². The second-order valence-corrected chi connectivity index (χ2v) is 5.76. The Bertz CT molecular complexity index is 538. The van der Waals surface area contributed by atoms with Crippen LogP contribution in [0.25, 0.3) is 11.0 Å². The molecule has 1 fully saturated rings. The zero-order chi connectivity index (χ0) is 11.3. The van der Waals surface area contributed by atoms with E-state index >= 15 is 0 Å². The molecule has 0 atom stereocenters. The van der Waals surface area contributed by atoms with Gasteiger partial charge in [0.1, 0.15) is 5.82 Å². The lowest BCUT2D eigenvalue weighted by Gasteiger charge is -2.12. The van der Waals surface area contributed by atoms with Crippen molar-refractivity contribution in [2.45, 2.75) is 38.6 Å². The first kappa shape index (κ1) is 10.3. The fourth-order valence-electron chi connectivity index (χ4n) is 2.26. The molecule has 3 rings (SSSR count). The van der Waals surface area contributed by atoms with Gasteiger partial charge in [-0.1, -0.05) is 15.9 Å². The van der Waals surface area contributed by atoms with Crippen LogP contribution in [-0.4, -0.2) is 9.55 Å². The minimum Gasteiger partial charge on any atom is -0.325 e. The summed E-state index contributed by atoms with van der Waals surface area (Å²) >= 11 is 3.54. The molecule has 84 valence electrons. The topological polar surface area (TPSA) is 17.8 Å². The molecule has 0 unspecified atom stereocenters. The third-order valence-electron chi connectivity index (χ3n) is 3.14. The van der Waals surface area contributed by atoms with Gasteiger partial charge in [-0.25, -0.2) is 4.98 Å². The smallest absolute Gasteiger partial charge is 0.113 e. The molecule has 0 bridgehead atoms. The second-order valence-electron chi connectivity index (χ2n) is 4.84. The Balaban J connectivity index is 2.29. The van der Waals surface area contributed by atoms with Crippen molar-refractivity contribution in [2.75, 3.05) is 0 Å². The highest BCUT2D eigenvalue weighted by Gasteiger charge is 2.30. The molecule has 0 radical (unpaired) electrons. The minimum atomic E-state index is 0.481. The first-order valence-electron chi connectivity index (χ1n) is 5.84. The van der Waals surface area contributed by atoms with Crippen molar-refractivity contribution in [2.24, 2.45) is 0 Å². The van der Waals surface area contributed by atoms with Gasteiger partial charge < -0.3 is 4.57 Å². The van der Waals surface area contributed by atoms with Crippen LogP contribution in [0.2, 0.25) is 0 Å². The summed E-state index contributed by atoms with van der Waals surface area (Å²) in [5.74, 6) is 1.98. The largest absolute Gasteiger partial charge is 0.325 e. The van der Waals surface area contributed by atoms with Crippen LogP contribution >= 0.6 is 15.9 Å². The molecule has 0 saturated heterocycles. The molecular formula is C13H15BrN2. The van der Waals surface area contributed by atoms with Crippen LogP contribution in [0, 0.1) is 0 Å². The Hall–Kier alpha value is -0.830. The van der Waals surface area contributed by atoms with Crippen molar-refractivity contribution >= 4 is 27.0 Å². The van der Waals surface area contributed by atoms with E-state index in [-0.39, 0.29) is 0 Å². The normalized spacial score (nSPS) is 16.2. The van der Waals surface area contributed by atoms with E-state index in [1.54, 1.807) is 0 Å². The Kier molecular flexibility index (Phi) is 2.32. The van der Waals surface area contributed by atoms with Crippen molar-refractivity contribution in [1.29, 1.82) is 0 Å². The second kappa shape index (κ2) is 3.59. The average molecular weight is 279 g/mol. The van der Waals surface area contributed by atoms with Gasteiger partial charge in [0.2, 0.25) is 0 Å². The lowest BCUT2D eigenvalue weighted by atomic mass is 10.3. The standard InChI is InChI=1S/C13H15BrN2/c1-8(2)16-12-7-10(14)5-6-11(12)15-13(16)9-3-4-9/h5-9H,3-4H2,1-2H3. The zero-order valence-electron chi connectivity index (χ0n) is 9.57. The third-order valence-corrected chi connectivity index (χ3v) is 3.63. The summed E-state index contributed by atoms with van der Waals surface area (Å²) in [6, 6.07) is 6.82. The summed E-state index contributed by atoms with van der Waals surface area (Å²) in [7, 11) is 0. The number of hydrogen-bond donors (Lipinski definition) is 0. The summed E-state index contributed by atoms with van der Waals surface area (Å²) < 4.78 is 3.52. The highest BCUT2D eigenvalue weighted by molar-refractivity contribution is 9.10. The Morgan fingerprint density at radius 2 is 2.12 bits per heavy atom. The van der Waals surface area contributed by atoms with Gasteiger partial charge in [0.05, 0.1) is 11.0 Å². The first-order chi connectivity index (χ1) is 7.66. The van der Waals surface area contributed by atoms with Gasteiger partial charge >= 0.3 is 0 Å². The highest BCUT2D eigenvalue weighted by atomic mass is 79.9. The van der Waals surface area contributed by atoms with Gasteiger partial charge in [0.25, 0.3) is 0 Å². The maximum Gasteiger partial charge on any atom is 0.113 e. The maximum atomic E-state index is 4.78. The third kappa shape index (κ3) is 1.58. The van der Waals surface area contributed by atoms with Crippen LogP contribution < -0.4 is 0 Å². The summed E-state index contributed by atoms with van der Waals surface area (Å²) in [6.45, 7) is 4.46. The van der Waals surface area contributed by atoms with Crippen LogP contribution in [0.5, 0.6) is 0 Å². The van der Waals surface area contributed by atoms with E-state index in [1.807, 2.05) is 0 Å². The summed E-state index contributed by atoms with van der Waals surface area (Å²) in [4.78, 5) is 4.78. The SMILES string of the molecule is CC(C)n1c(C2CC2)nc2ccc(Br)cc21. The molecule has 2 aromatic rings. The molecule has 0 aliphatic heterocycles. The quantitative estimate of drug-likeness (QED) is 0.803. The molecule has 2 nitrogen and oxygen atoms in total. The molecule has 1 aliphatic carbocycles. The predicted octanol–water partition coefficient (Wildman–Crippen LogP) is 4.26. The molecule has 0 spiro atoms. The van der Waals surface area contributed by atoms with Crippen molar-refractivity contribution in [1.82, 2.24) is 9.55 Å². The molecular weight excluding hydrogens is 264 g/mol. The van der Waals surface area contributed by atoms with E-state index in [4.69, 9.17) is 4.98 Å². The molecule has 0 N–H and O–H groups in total. The Morgan fingerprint density at radius 3 is 2.75 bits per heavy atom. The van der Waals surface area contributed by atoms with Gasteiger partial charge in [0, 0.05) is 16.4 Å². The fraction of sp³-hybridized carbons (Fsp3) is 0.462. The first-order valence-corrected chi connectivity index (χ1v) is 6.63. The lowest BCUT2D eigenvalue weighted by Crippen LogP contribution is -2.05. The van der Waals surface area contributed by atoms with Crippen molar-refractivity contribution in [3.8, 4) is 0 Å². The molecule has 1 aromatic heterocycles. The molecule has 16 heavy (non-hydrogen) atoms. The van der Waals surface area contributed by atoms with Gasteiger partial charge in [-0.15, -0.1) is 0 Å². The van der Waals surface area contributed by atoms with E-state index in [2.05, 4.69) is 52.5 Å². The summed E-state index contributed by atoms with van der Waals surface area (Å²) in [5, 5.41) is 0. The zero-order valence-corrected chi connectivity index (χ0v) is 11.2. The number of nitrogens with zero attached hydrogens (tertiary/aromatic N) is 2. The van der Waals surface area contributed by atoms with Gasteiger partial charge in [0.15, 0.2) is 0 Å². The van der Waals surface area contributed by atoms with Gasteiger partial charge in [-0.2, -0.15) is 0 Å². The Labute approximate surface area is 104 Å². The number of fused-ring (bicyclic) bond motifs is 1. The number of halogens is 1. The molecule has 1 aliphatic rings. The van der Waals surface area contributed by atoms with Crippen LogP contribution in [0.4, 0.5) is 0 Å². The number of hydrogen-bond acceptors (Lipinski definition) is 1. The van der Waals surface area contributed by atoms with E-state index in [0.29, 0.717) is 12.0 Å². The monoisotopic (exact) mass is 278 g/mol. The van der Waals surface area contributed by atoms with E-state index < -0.39 is 0 Å². The highest BCUT2D eigenvalue weighted by Crippen LogP contribution is 2.41. The number of rotatable bonds is 2. The van der Waals surface area contributed by atoms with Crippen LogP contribution in [0.3, 0.4) is 0 Å². The van der Waals surface area contributed by atoms with Crippen molar-refractivity contribution < 1.29 is 0 Å². The molecule has 0 amide bonds. The van der Waals surface area contributed by atoms with Crippen LogP contribution in [-0.2, 0) is 0 Å². The number of imidazole rings is 1. The van der Waals surface area contributed by atoms with E-state index in [0.717, 1.165) is 9.99 Å². The molecule has 1 saturated carbocycles. The van der Waals surface area contributed by atoms with Crippen LogP contribution in [0.1, 0.15) is 44.5 Å². The summed E-state index contributed by atoms with van der Waals surface area (Å²) in [6.07, 6.45) is 2.61. The minimum absolute atomic E-state index is 0.481. The summed E-state index contributed by atoms with van der Waals surface area (Å²) in [5.41, 5.74) is 2.38. The van der Waals surface area contributed by atoms with E-state index in [1.165, 1.54) is 24.2 Å². The molecule has 3 heteroatoms. The maximum absolute atomic E-state index is 4.78. The van der Waals surface area contributed by atoms with E-state index in [9.17, 15) is 0 Å². The van der Waals surface area contributed by atoms with Crippen LogP contribution in [0.15, 0.2) is 22.7 Å². The predicted molar refractivity (Wildman–Crippen MR) is 69.8 cm³/mol. The number of benzene rings is 1. The van der Waals surface area contributed by atoms with Crippen molar-refractivity contribution in [3.05, 3.63) is 28.5 Å². The van der Waals surface area contributed by atoms with Gasteiger partial charge in [-0.3, -0.25) is 0 Å². The lowest BCUT2D eigenvalue weighted by molar-refractivity contribution is 0.585. The fourth-order valence-corrected chi connectivity index (χ4v) is 2.61.